The summed E-state index contributed by atoms with van der Waals surface area (Å²) in [6.07, 6.45) is -10.3. The first kappa shape index (κ1) is 37.8. The molecule has 4 heterocycles. The molecule has 0 unspecified atom stereocenters. The van der Waals surface area contributed by atoms with E-state index in [9.17, 15) is 5.26 Å². The zero-order chi connectivity index (χ0) is 44.0. The van der Waals surface area contributed by atoms with Crippen LogP contribution in [0.1, 0.15) is 16.7 Å². The standard InChI is InChI=1S/C53H31F6N5/c1-61-41-18-7-3-12-30(41)34-22-24-36-32-14-5-9-20-43(32)63(50(36)48(34)61)45-26-29(47-39(52(54,55)56)16-11-17-40(47)53(57,58)59)27-46(38(45)28-60)64-44-21-10-6-15-33(44)37-25-23-35-31-13-4-8-19-42(31)62(2)49(35)51(37)64/h3-27H,1-2H3. The number of para-hydroxylation sites is 4. The van der Waals surface area contributed by atoms with Crippen molar-refractivity contribution >= 4 is 87.2 Å². The summed E-state index contributed by atoms with van der Waals surface area (Å²) in [5, 5.41) is 18.5. The molecule has 0 aliphatic rings. The van der Waals surface area contributed by atoms with Crippen LogP contribution in [0, 0.1) is 11.3 Å². The van der Waals surface area contributed by atoms with Gasteiger partial charge in [-0.15, -0.1) is 0 Å². The van der Waals surface area contributed by atoms with Crippen LogP contribution < -0.4 is 0 Å². The molecule has 64 heavy (non-hydrogen) atoms. The number of hydrogen-bond acceptors (Lipinski definition) is 1. The minimum atomic E-state index is -5.17. The van der Waals surface area contributed by atoms with Crippen LogP contribution in [0.4, 0.5) is 26.3 Å². The Morgan fingerprint density at radius 1 is 0.406 bits per heavy atom. The van der Waals surface area contributed by atoms with E-state index in [4.69, 9.17) is 0 Å². The summed E-state index contributed by atoms with van der Waals surface area (Å²) in [7, 11) is 3.86. The Morgan fingerprint density at radius 2 is 0.750 bits per heavy atom. The third-order valence-electron chi connectivity index (χ3n) is 13.1. The maximum Gasteiger partial charge on any atom is 0.417 e. The van der Waals surface area contributed by atoms with Crippen molar-refractivity contribution in [1.82, 2.24) is 18.3 Å². The highest BCUT2D eigenvalue weighted by molar-refractivity contribution is 6.25. The van der Waals surface area contributed by atoms with Gasteiger partial charge in [-0.2, -0.15) is 31.6 Å². The lowest BCUT2D eigenvalue weighted by Crippen LogP contribution is -2.15. The zero-order valence-electron chi connectivity index (χ0n) is 33.9. The maximum absolute atomic E-state index is 15.2. The Morgan fingerprint density at radius 3 is 1.12 bits per heavy atom. The number of hydrogen-bond donors (Lipinski definition) is 0. The average molecular weight is 852 g/mol. The van der Waals surface area contributed by atoms with E-state index < -0.39 is 29.0 Å². The molecule has 0 amide bonds. The van der Waals surface area contributed by atoms with E-state index in [-0.39, 0.29) is 22.5 Å². The van der Waals surface area contributed by atoms with Gasteiger partial charge in [0.2, 0.25) is 0 Å². The fraction of sp³-hybridized carbons (Fsp3) is 0.0755. The van der Waals surface area contributed by atoms with Crippen molar-refractivity contribution in [1.29, 1.82) is 5.26 Å². The molecule has 0 saturated heterocycles. The van der Waals surface area contributed by atoms with Crippen LogP contribution in [0.5, 0.6) is 0 Å². The van der Waals surface area contributed by atoms with Crippen molar-refractivity contribution in [2.75, 3.05) is 0 Å². The van der Waals surface area contributed by atoms with Crippen LogP contribution in [0.3, 0.4) is 0 Å². The lowest BCUT2D eigenvalue weighted by molar-refractivity contribution is -0.142. The molecule has 310 valence electrons. The second kappa shape index (κ2) is 13.0. The van der Waals surface area contributed by atoms with E-state index >= 15 is 26.3 Å². The molecule has 0 aliphatic carbocycles. The average Bonchev–Trinajstić information content (AvgIpc) is 4.00. The number of alkyl halides is 6. The number of rotatable bonds is 3. The Bertz CT molecular complexity index is 3790. The topological polar surface area (TPSA) is 43.5 Å². The summed E-state index contributed by atoms with van der Waals surface area (Å²) in [5.41, 5.74) is 1.99. The molecule has 0 saturated carbocycles. The fourth-order valence-corrected chi connectivity index (χ4v) is 10.5. The summed E-state index contributed by atoms with van der Waals surface area (Å²) in [5.74, 6) is 0. The van der Waals surface area contributed by atoms with Crippen LogP contribution >= 0.6 is 0 Å². The van der Waals surface area contributed by atoms with Gasteiger partial charge in [0.25, 0.3) is 0 Å². The fourth-order valence-electron chi connectivity index (χ4n) is 10.5. The summed E-state index contributed by atoms with van der Waals surface area (Å²) in [6.45, 7) is 0. The molecule has 0 spiro atoms. The predicted octanol–water partition coefficient (Wildman–Crippen LogP) is 14.7. The SMILES string of the molecule is Cn1c2ccccc2c2ccc3c4ccccc4n(-c4cc(-c5c(C(F)(F)F)cccc5C(F)(F)F)cc(-n5c6ccccc6c6ccc7c8ccccc8n(C)c7c65)c4C#N)c3c21. The molecule has 0 atom stereocenters. The first-order valence-corrected chi connectivity index (χ1v) is 20.5. The highest BCUT2D eigenvalue weighted by atomic mass is 19.4. The van der Waals surface area contributed by atoms with Crippen molar-refractivity contribution in [3.8, 4) is 28.6 Å². The quantitative estimate of drug-likeness (QED) is 0.163. The summed E-state index contributed by atoms with van der Waals surface area (Å²) in [6, 6.07) is 46.1. The van der Waals surface area contributed by atoms with Crippen molar-refractivity contribution < 1.29 is 26.3 Å². The summed E-state index contributed by atoms with van der Waals surface area (Å²) >= 11 is 0. The van der Waals surface area contributed by atoms with Gasteiger partial charge in [-0.25, -0.2) is 0 Å². The number of fused-ring (bicyclic) bond motifs is 14. The maximum atomic E-state index is 15.2. The van der Waals surface area contributed by atoms with Crippen molar-refractivity contribution in [2.45, 2.75) is 12.4 Å². The number of nitriles is 1. The van der Waals surface area contributed by atoms with Crippen LogP contribution in [0.25, 0.3) is 110 Å². The van der Waals surface area contributed by atoms with E-state index in [0.717, 1.165) is 71.2 Å². The predicted molar refractivity (Wildman–Crippen MR) is 243 cm³/mol. The van der Waals surface area contributed by atoms with E-state index in [0.29, 0.717) is 34.2 Å². The lowest BCUT2D eigenvalue weighted by Gasteiger charge is -2.22. The molecule has 0 radical (unpaired) electrons. The molecule has 4 aromatic heterocycles. The van der Waals surface area contributed by atoms with Gasteiger partial charge in [-0.3, -0.25) is 0 Å². The second-order valence-corrected chi connectivity index (χ2v) is 16.3. The molecule has 5 nitrogen and oxygen atoms in total. The zero-order valence-corrected chi connectivity index (χ0v) is 33.9. The molecular weight excluding hydrogens is 821 g/mol. The summed E-state index contributed by atoms with van der Waals surface area (Å²) in [4.78, 5) is 0. The third kappa shape index (κ3) is 5.02. The van der Waals surface area contributed by atoms with E-state index in [1.807, 2.05) is 154 Å². The normalized spacial score (nSPS) is 12.7. The molecule has 12 rings (SSSR count). The van der Waals surface area contributed by atoms with Crippen molar-refractivity contribution in [3.63, 3.8) is 0 Å². The highest BCUT2D eigenvalue weighted by Gasteiger charge is 2.41. The van der Waals surface area contributed by atoms with Crippen LogP contribution in [0.2, 0.25) is 0 Å². The number of aryl methyl sites for hydroxylation is 2. The third-order valence-corrected chi connectivity index (χ3v) is 13.1. The molecule has 8 aromatic carbocycles. The monoisotopic (exact) mass is 851 g/mol. The van der Waals surface area contributed by atoms with Gasteiger partial charge in [-0.05, 0) is 54.1 Å². The molecule has 12 aromatic rings. The van der Waals surface area contributed by atoms with Gasteiger partial charge in [0.1, 0.15) is 11.6 Å². The van der Waals surface area contributed by atoms with E-state index in [1.165, 1.54) is 12.1 Å². The van der Waals surface area contributed by atoms with E-state index in [1.54, 1.807) is 0 Å². The van der Waals surface area contributed by atoms with Gasteiger partial charge >= 0.3 is 12.4 Å². The van der Waals surface area contributed by atoms with Crippen LogP contribution in [-0.2, 0) is 26.4 Å². The van der Waals surface area contributed by atoms with Gasteiger partial charge in [0, 0.05) is 73.8 Å². The van der Waals surface area contributed by atoms with Crippen molar-refractivity contribution in [3.05, 3.63) is 168 Å². The number of halogens is 6. The Balaban J connectivity index is 1.35. The van der Waals surface area contributed by atoms with Crippen LogP contribution in [0.15, 0.2) is 152 Å². The Labute approximate surface area is 359 Å². The van der Waals surface area contributed by atoms with Gasteiger partial charge in [-0.1, -0.05) is 103 Å². The second-order valence-electron chi connectivity index (χ2n) is 16.3. The Kier molecular flexibility index (Phi) is 7.69. The first-order valence-electron chi connectivity index (χ1n) is 20.5. The van der Waals surface area contributed by atoms with Gasteiger partial charge in [0.15, 0.2) is 0 Å². The van der Waals surface area contributed by atoms with Crippen molar-refractivity contribution in [2.24, 2.45) is 14.1 Å². The number of benzene rings is 8. The number of aromatic nitrogens is 4. The summed E-state index contributed by atoms with van der Waals surface area (Å²) < 4.78 is 99.2. The minimum Gasteiger partial charge on any atom is -0.342 e. The molecule has 0 bridgehead atoms. The molecular formula is C53H31F6N5. The Hall–Kier alpha value is -7.97. The number of nitrogens with zero attached hydrogens (tertiary/aromatic N) is 5. The van der Waals surface area contributed by atoms with Gasteiger partial charge < -0.3 is 18.3 Å². The molecule has 0 fully saturated rings. The molecule has 0 aliphatic heterocycles. The minimum absolute atomic E-state index is 0.0543. The first-order chi connectivity index (χ1) is 30.9. The highest BCUT2D eigenvalue weighted by Crippen LogP contribution is 2.49. The largest absolute Gasteiger partial charge is 0.417 e. The van der Waals surface area contributed by atoms with Gasteiger partial charge in [0.05, 0.1) is 55.6 Å². The van der Waals surface area contributed by atoms with E-state index in [2.05, 4.69) is 6.07 Å². The molecule has 0 N–H and O–H groups in total. The lowest BCUT2D eigenvalue weighted by atomic mass is 9.91. The smallest absolute Gasteiger partial charge is 0.342 e. The molecule has 11 heteroatoms. The van der Waals surface area contributed by atoms with Crippen LogP contribution in [-0.4, -0.2) is 18.3 Å².